The van der Waals surface area contributed by atoms with Gasteiger partial charge in [-0.1, -0.05) is 15.9 Å². The summed E-state index contributed by atoms with van der Waals surface area (Å²) in [6.45, 7) is 4.12. The molecule has 3 nitrogen and oxygen atoms in total. The van der Waals surface area contributed by atoms with Crippen LogP contribution in [0, 0.1) is 5.82 Å². The van der Waals surface area contributed by atoms with Crippen molar-refractivity contribution in [3.8, 4) is 0 Å². The minimum Gasteiger partial charge on any atom is -0.324 e. The second-order valence-electron chi connectivity index (χ2n) is 4.86. The fourth-order valence-electron chi connectivity index (χ4n) is 1.91. The summed E-state index contributed by atoms with van der Waals surface area (Å²) >= 11 is 3.33. The average Bonchev–Trinajstić information content (AvgIpc) is 2.80. The standard InChI is InChI=1S/C14H17BrFN3/c1-9(2)19-6-5-11(18-19)8-14(17)12-7-10(15)3-4-13(12)16/h3-7,9,14H,8,17H2,1-2H3. The van der Waals surface area contributed by atoms with Crippen LogP contribution in [0.25, 0.3) is 0 Å². The predicted molar refractivity (Wildman–Crippen MR) is 77.3 cm³/mol. The van der Waals surface area contributed by atoms with Crippen molar-refractivity contribution in [2.75, 3.05) is 0 Å². The number of nitrogens with zero attached hydrogens (tertiary/aromatic N) is 2. The predicted octanol–water partition coefficient (Wildman–Crippen LogP) is 3.61. The first-order valence-corrected chi connectivity index (χ1v) is 7.01. The number of hydrogen-bond donors (Lipinski definition) is 1. The highest BCUT2D eigenvalue weighted by molar-refractivity contribution is 9.10. The molecule has 2 N–H and O–H groups in total. The van der Waals surface area contributed by atoms with Gasteiger partial charge in [0.25, 0.3) is 0 Å². The number of halogens is 2. The molecule has 2 rings (SSSR count). The average molecular weight is 326 g/mol. The van der Waals surface area contributed by atoms with E-state index >= 15 is 0 Å². The van der Waals surface area contributed by atoms with Crippen molar-refractivity contribution in [1.82, 2.24) is 9.78 Å². The lowest BCUT2D eigenvalue weighted by molar-refractivity contribution is 0.520. The third kappa shape index (κ3) is 3.42. The molecule has 0 aliphatic heterocycles. The zero-order chi connectivity index (χ0) is 14.0. The summed E-state index contributed by atoms with van der Waals surface area (Å²) in [6.07, 6.45) is 2.44. The van der Waals surface area contributed by atoms with Gasteiger partial charge in [-0.15, -0.1) is 0 Å². The van der Waals surface area contributed by atoms with Gasteiger partial charge in [-0.05, 0) is 38.1 Å². The Morgan fingerprint density at radius 3 is 2.74 bits per heavy atom. The molecule has 0 saturated carbocycles. The van der Waals surface area contributed by atoms with E-state index < -0.39 is 6.04 Å². The lowest BCUT2D eigenvalue weighted by Gasteiger charge is -2.12. The minimum atomic E-state index is -0.395. The normalized spacial score (nSPS) is 12.9. The second kappa shape index (κ2) is 5.84. The Kier molecular flexibility index (Phi) is 4.37. The second-order valence-corrected chi connectivity index (χ2v) is 5.77. The number of hydrogen-bond acceptors (Lipinski definition) is 2. The van der Waals surface area contributed by atoms with E-state index in [9.17, 15) is 4.39 Å². The molecule has 1 aromatic carbocycles. The van der Waals surface area contributed by atoms with Gasteiger partial charge in [0.2, 0.25) is 0 Å². The van der Waals surface area contributed by atoms with Crippen molar-refractivity contribution < 1.29 is 4.39 Å². The molecule has 1 unspecified atom stereocenters. The van der Waals surface area contributed by atoms with Crippen LogP contribution < -0.4 is 5.73 Å². The third-order valence-corrected chi connectivity index (χ3v) is 3.47. The summed E-state index contributed by atoms with van der Waals surface area (Å²) in [7, 11) is 0. The van der Waals surface area contributed by atoms with Crippen LogP contribution in [0.15, 0.2) is 34.9 Å². The molecule has 5 heteroatoms. The summed E-state index contributed by atoms with van der Waals surface area (Å²) in [5.41, 5.74) is 7.46. The Bertz CT molecular complexity index is 566. The maximum Gasteiger partial charge on any atom is 0.128 e. The minimum absolute atomic E-state index is 0.279. The van der Waals surface area contributed by atoms with Gasteiger partial charge < -0.3 is 5.73 Å². The van der Waals surface area contributed by atoms with Crippen LogP contribution in [-0.2, 0) is 6.42 Å². The molecule has 102 valence electrons. The monoisotopic (exact) mass is 325 g/mol. The smallest absolute Gasteiger partial charge is 0.128 e. The Labute approximate surface area is 120 Å². The molecule has 0 aliphatic rings. The van der Waals surface area contributed by atoms with Gasteiger partial charge in [0.05, 0.1) is 5.69 Å². The Balaban J connectivity index is 2.15. The molecule has 0 fully saturated rings. The van der Waals surface area contributed by atoms with E-state index in [4.69, 9.17) is 5.73 Å². The number of rotatable bonds is 4. The number of benzene rings is 1. The Morgan fingerprint density at radius 2 is 2.11 bits per heavy atom. The van der Waals surface area contributed by atoms with Crippen molar-refractivity contribution in [2.24, 2.45) is 5.73 Å². The molecule has 1 heterocycles. The first kappa shape index (κ1) is 14.2. The van der Waals surface area contributed by atoms with Gasteiger partial charge in [0, 0.05) is 34.7 Å². The van der Waals surface area contributed by atoms with Crippen LogP contribution in [-0.4, -0.2) is 9.78 Å². The summed E-state index contributed by atoms with van der Waals surface area (Å²) in [5, 5.41) is 4.43. The van der Waals surface area contributed by atoms with E-state index in [1.807, 2.05) is 16.9 Å². The lowest BCUT2D eigenvalue weighted by Crippen LogP contribution is -2.15. The molecule has 0 saturated heterocycles. The van der Waals surface area contributed by atoms with Gasteiger partial charge in [0.15, 0.2) is 0 Å². The van der Waals surface area contributed by atoms with E-state index in [-0.39, 0.29) is 5.82 Å². The first-order valence-electron chi connectivity index (χ1n) is 6.22. The van der Waals surface area contributed by atoms with E-state index in [0.29, 0.717) is 18.0 Å². The van der Waals surface area contributed by atoms with Crippen molar-refractivity contribution in [3.63, 3.8) is 0 Å². The maximum absolute atomic E-state index is 13.7. The highest BCUT2D eigenvalue weighted by atomic mass is 79.9. The zero-order valence-corrected chi connectivity index (χ0v) is 12.6. The van der Waals surface area contributed by atoms with Gasteiger partial charge in [0.1, 0.15) is 5.82 Å². The van der Waals surface area contributed by atoms with Crippen molar-refractivity contribution >= 4 is 15.9 Å². The summed E-state index contributed by atoms with van der Waals surface area (Å²) < 4.78 is 16.4. The van der Waals surface area contributed by atoms with E-state index in [1.54, 1.807) is 12.1 Å². The highest BCUT2D eigenvalue weighted by Crippen LogP contribution is 2.22. The third-order valence-electron chi connectivity index (χ3n) is 2.98. The Hall–Kier alpha value is -1.20. The lowest BCUT2D eigenvalue weighted by atomic mass is 10.0. The molecule has 0 amide bonds. The van der Waals surface area contributed by atoms with Crippen LogP contribution in [0.5, 0.6) is 0 Å². The van der Waals surface area contributed by atoms with E-state index in [0.717, 1.165) is 10.2 Å². The van der Waals surface area contributed by atoms with Gasteiger partial charge in [-0.3, -0.25) is 4.68 Å². The molecule has 1 aromatic heterocycles. The van der Waals surface area contributed by atoms with Crippen molar-refractivity contribution in [1.29, 1.82) is 0 Å². The molecule has 0 bridgehead atoms. The van der Waals surface area contributed by atoms with Crippen LogP contribution >= 0.6 is 15.9 Å². The molecular formula is C14H17BrFN3. The summed E-state index contributed by atoms with van der Waals surface area (Å²) in [5.74, 6) is -0.279. The van der Waals surface area contributed by atoms with Gasteiger partial charge >= 0.3 is 0 Å². The van der Waals surface area contributed by atoms with Crippen LogP contribution in [0.1, 0.15) is 37.2 Å². The SMILES string of the molecule is CC(C)n1ccc(CC(N)c2cc(Br)ccc2F)n1. The molecule has 0 radical (unpaired) electrons. The molecule has 2 aromatic rings. The topological polar surface area (TPSA) is 43.8 Å². The molecule has 0 spiro atoms. The molecule has 0 aliphatic carbocycles. The zero-order valence-electron chi connectivity index (χ0n) is 11.0. The van der Waals surface area contributed by atoms with Crippen molar-refractivity contribution in [3.05, 3.63) is 52.0 Å². The highest BCUT2D eigenvalue weighted by Gasteiger charge is 2.14. The number of aromatic nitrogens is 2. The van der Waals surface area contributed by atoms with Crippen LogP contribution in [0.4, 0.5) is 4.39 Å². The number of nitrogens with two attached hydrogens (primary N) is 1. The van der Waals surface area contributed by atoms with Crippen molar-refractivity contribution in [2.45, 2.75) is 32.4 Å². The fourth-order valence-corrected chi connectivity index (χ4v) is 2.29. The first-order chi connectivity index (χ1) is 8.97. The Morgan fingerprint density at radius 1 is 1.37 bits per heavy atom. The summed E-state index contributed by atoms with van der Waals surface area (Å²) in [4.78, 5) is 0. The molecule has 19 heavy (non-hydrogen) atoms. The molecule has 1 atom stereocenters. The van der Waals surface area contributed by atoms with E-state index in [2.05, 4.69) is 34.9 Å². The fraction of sp³-hybridized carbons (Fsp3) is 0.357. The van der Waals surface area contributed by atoms with Gasteiger partial charge in [-0.2, -0.15) is 5.10 Å². The van der Waals surface area contributed by atoms with Crippen LogP contribution in [0.3, 0.4) is 0 Å². The van der Waals surface area contributed by atoms with E-state index in [1.165, 1.54) is 6.07 Å². The molecular weight excluding hydrogens is 309 g/mol. The maximum atomic E-state index is 13.7. The largest absolute Gasteiger partial charge is 0.324 e. The van der Waals surface area contributed by atoms with Crippen LogP contribution in [0.2, 0.25) is 0 Å². The van der Waals surface area contributed by atoms with Gasteiger partial charge in [-0.25, -0.2) is 4.39 Å². The quantitative estimate of drug-likeness (QED) is 0.933. The summed E-state index contributed by atoms with van der Waals surface area (Å²) in [6, 6.07) is 6.65.